The molecule has 0 radical (unpaired) electrons. The molecule has 2 N–H and O–H groups in total. The molecular weight excluding hydrogens is 296 g/mol. The molecule has 2 aromatic rings. The van der Waals surface area contributed by atoms with Gasteiger partial charge in [0.05, 0.1) is 0 Å². The average molecular weight is 322 g/mol. The van der Waals surface area contributed by atoms with Crippen LogP contribution in [0.2, 0.25) is 0 Å². The molecular formula is C22H26O2. The molecule has 6 bridgehead atoms. The molecule has 2 nitrogen and oxygen atoms in total. The van der Waals surface area contributed by atoms with Crippen molar-refractivity contribution in [3.8, 4) is 22.6 Å². The molecule has 2 aliphatic carbocycles. The van der Waals surface area contributed by atoms with Crippen molar-refractivity contribution in [2.75, 3.05) is 0 Å². The normalized spacial score (nSPS) is 28.2. The van der Waals surface area contributed by atoms with Gasteiger partial charge in [0.25, 0.3) is 0 Å². The van der Waals surface area contributed by atoms with Gasteiger partial charge in [0.1, 0.15) is 11.5 Å². The van der Waals surface area contributed by atoms with E-state index in [1.165, 1.54) is 24.0 Å². The monoisotopic (exact) mass is 322 g/mol. The van der Waals surface area contributed by atoms with Crippen molar-refractivity contribution in [3.05, 3.63) is 47.5 Å². The fraction of sp³-hybridized carbons (Fsp3) is 0.455. The molecule has 0 saturated heterocycles. The third-order valence-electron chi connectivity index (χ3n) is 6.51. The molecule has 126 valence electrons. The van der Waals surface area contributed by atoms with Gasteiger partial charge < -0.3 is 10.2 Å². The molecule has 24 heavy (non-hydrogen) atoms. The molecule has 0 spiro atoms. The van der Waals surface area contributed by atoms with E-state index in [1.807, 2.05) is 0 Å². The quantitative estimate of drug-likeness (QED) is 0.720. The van der Waals surface area contributed by atoms with E-state index in [1.54, 1.807) is 12.1 Å². The number of hydrogen-bond donors (Lipinski definition) is 2. The van der Waals surface area contributed by atoms with Gasteiger partial charge in [0, 0.05) is 11.1 Å². The first-order valence-electron chi connectivity index (χ1n) is 9.06. The van der Waals surface area contributed by atoms with Gasteiger partial charge in [-0.2, -0.15) is 0 Å². The van der Waals surface area contributed by atoms with Crippen molar-refractivity contribution in [2.45, 2.75) is 51.4 Å². The lowest BCUT2D eigenvalue weighted by Crippen LogP contribution is -2.35. The van der Waals surface area contributed by atoms with Gasteiger partial charge in [0.15, 0.2) is 0 Å². The van der Waals surface area contributed by atoms with Crippen LogP contribution in [0.15, 0.2) is 36.4 Å². The number of benzene rings is 2. The molecule has 0 aromatic heterocycles. The molecule has 1 saturated carbocycles. The Morgan fingerprint density at radius 3 is 2.38 bits per heavy atom. The zero-order valence-electron chi connectivity index (χ0n) is 14.7. The average Bonchev–Trinajstić information content (AvgIpc) is 2.57. The minimum Gasteiger partial charge on any atom is -0.507 e. The fourth-order valence-corrected chi connectivity index (χ4v) is 4.98. The first-order valence-corrected chi connectivity index (χ1v) is 9.06. The summed E-state index contributed by atoms with van der Waals surface area (Å²) < 4.78 is 0. The summed E-state index contributed by atoms with van der Waals surface area (Å²) in [6.07, 6.45) is 3.54. The van der Waals surface area contributed by atoms with Crippen LogP contribution in [0, 0.1) is 11.8 Å². The van der Waals surface area contributed by atoms with Crippen LogP contribution < -0.4 is 0 Å². The molecule has 2 aromatic carbocycles. The Hall–Kier alpha value is -1.96. The van der Waals surface area contributed by atoms with Gasteiger partial charge in [-0.1, -0.05) is 32.9 Å². The summed E-state index contributed by atoms with van der Waals surface area (Å²) in [5.74, 6) is 2.30. The summed E-state index contributed by atoms with van der Waals surface area (Å²) >= 11 is 0. The van der Waals surface area contributed by atoms with E-state index in [0.29, 0.717) is 17.8 Å². The molecule has 4 rings (SSSR count). The predicted molar refractivity (Wildman–Crippen MR) is 97.5 cm³/mol. The van der Waals surface area contributed by atoms with E-state index in [2.05, 4.69) is 45.0 Å². The number of phenolic OH excluding ortho intramolecular Hbond substituents is 2. The summed E-state index contributed by atoms with van der Waals surface area (Å²) in [7, 11) is 0. The third kappa shape index (κ3) is 2.23. The minimum absolute atomic E-state index is 0.126. The molecule has 0 aliphatic heterocycles. The van der Waals surface area contributed by atoms with Crippen molar-refractivity contribution >= 4 is 0 Å². The second kappa shape index (κ2) is 5.27. The first-order chi connectivity index (χ1) is 11.4. The van der Waals surface area contributed by atoms with Crippen LogP contribution in [-0.4, -0.2) is 10.2 Å². The number of fused-ring (bicyclic) bond motifs is 9. The fourth-order valence-electron chi connectivity index (χ4n) is 4.98. The zero-order valence-corrected chi connectivity index (χ0v) is 14.7. The smallest absolute Gasteiger partial charge is 0.123 e. The van der Waals surface area contributed by atoms with Crippen LogP contribution in [-0.2, 0) is 5.41 Å². The van der Waals surface area contributed by atoms with E-state index in [0.717, 1.165) is 17.5 Å². The number of hydrogen-bond acceptors (Lipinski definition) is 2. The summed E-state index contributed by atoms with van der Waals surface area (Å²) in [5.41, 5.74) is 4.21. The van der Waals surface area contributed by atoms with Gasteiger partial charge >= 0.3 is 0 Å². The standard InChI is InChI=1S/C22H26O2/c1-13(2)16-8-9-22(3)12-19(16)14-4-6-20(23)17(10-14)18-11-15(22)5-7-21(18)24/h4-7,10-11,13,16,19,23-24H,8-9,12H2,1-3H3. The van der Waals surface area contributed by atoms with E-state index >= 15 is 0 Å². The van der Waals surface area contributed by atoms with Gasteiger partial charge in [0.2, 0.25) is 0 Å². The Morgan fingerprint density at radius 2 is 1.67 bits per heavy atom. The Kier molecular flexibility index (Phi) is 3.42. The summed E-state index contributed by atoms with van der Waals surface area (Å²) in [5, 5.41) is 20.8. The maximum atomic E-state index is 10.4. The highest BCUT2D eigenvalue weighted by molar-refractivity contribution is 5.77. The van der Waals surface area contributed by atoms with Crippen molar-refractivity contribution in [2.24, 2.45) is 11.8 Å². The zero-order chi connectivity index (χ0) is 17.1. The van der Waals surface area contributed by atoms with Crippen molar-refractivity contribution < 1.29 is 10.2 Å². The van der Waals surface area contributed by atoms with E-state index < -0.39 is 0 Å². The Balaban J connectivity index is 2.00. The summed E-state index contributed by atoms with van der Waals surface area (Å²) in [4.78, 5) is 0. The van der Waals surface area contributed by atoms with Crippen LogP contribution in [0.25, 0.3) is 11.1 Å². The molecule has 0 heterocycles. The van der Waals surface area contributed by atoms with Crippen LogP contribution in [0.5, 0.6) is 11.5 Å². The second-order valence-corrected chi connectivity index (χ2v) is 8.33. The maximum Gasteiger partial charge on any atom is 0.123 e. The number of aromatic hydroxyl groups is 2. The van der Waals surface area contributed by atoms with Gasteiger partial charge in [-0.3, -0.25) is 0 Å². The number of rotatable bonds is 1. The van der Waals surface area contributed by atoms with Crippen LogP contribution in [0.4, 0.5) is 0 Å². The second-order valence-electron chi connectivity index (χ2n) is 8.33. The Labute approximate surface area is 144 Å². The van der Waals surface area contributed by atoms with Gasteiger partial charge in [-0.05, 0) is 77.8 Å². The van der Waals surface area contributed by atoms with E-state index in [-0.39, 0.29) is 16.9 Å². The molecule has 0 amide bonds. The Bertz CT molecular complexity index is 793. The lowest BCUT2D eigenvalue weighted by Gasteiger charge is -2.45. The summed E-state index contributed by atoms with van der Waals surface area (Å²) in [6.45, 7) is 7.01. The molecule has 1 fully saturated rings. The largest absolute Gasteiger partial charge is 0.507 e. The van der Waals surface area contributed by atoms with Crippen molar-refractivity contribution in [1.82, 2.24) is 0 Å². The predicted octanol–water partition coefficient (Wildman–Crippen LogP) is 5.58. The van der Waals surface area contributed by atoms with Crippen LogP contribution >= 0.6 is 0 Å². The SMILES string of the molecule is CC(C)C1CCC2(C)CC1c1ccc(O)c(c1)-c1cc2ccc1O. The van der Waals surface area contributed by atoms with Gasteiger partial charge in [-0.15, -0.1) is 0 Å². The first kappa shape index (κ1) is 15.6. The van der Waals surface area contributed by atoms with Crippen molar-refractivity contribution in [1.29, 1.82) is 0 Å². The topological polar surface area (TPSA) is 40.5 Å². The van der Waals surface area contributed by atoms with E-state index in [9.17, 15) is 10.2 Å². The van der Waals surface area contributed by atoms with Crippen LogP contribution in [0.1, 0.15) is 57.1 Å². The molecule has 3 atom stereocenters. The minimum atomic E-state index is 0.126. The Morgan fingerprint density at radius 1 is 1.00 bits per heavy atom. The van der Waals surface area contributed by atoms with Gasteiger partial charge in [-0.25, -0.2) is 0 Å². The molecule has 2 heteroatoms. The highest BCUT2D eigenvalue weighted by Gasteiger charge is 2.41. The highest BCUT2D eigenvalue weighted by Crippen LogP contribution is 2.53. The maximum absolute atomic E-state index is 10.4. The van der Waals surface area contributed by atoms with E-state index in [4.69, 9.17) is 0 Å². The molecule has 2 aliphatic rings. The van der Waals surface area contributed by atoms with Crippen molar-refractivity contribution in [3.63, 3.8) is 0 Å². The number of phenols is 2. The molecule has 3 unspecified atom stereocenters. The summed E-state index contributed by atoms with van der Waals surface area (Å²) in [6, 6.07) is 11.9. The van der Waals surface area contributed by atoms with Crippen LogP contribution in [0.3, 0.4) is 0 Å². The lowest BCUT2D eigenvalue weighted by atomic mass is 9.60. The highest BCUT2D eigenvalue weighted by atomic mass is 16.3. The lowest BCUT2D eigenvalue weighted by molar-refractivity contribution is 0.171. The third-order valence-corrected chi connectivity index (χ3v) is 6.51.